The molecule has 0 fully saturated rings. The number of aliphatic hydroxyl groups is 1. The van der Waals surface area contributed by atoms with Gasteiger partial charge in [0.25, 0.3) is 5.95 Å². The van der Waals surface area contributed by atoms with Gasteiger partial charge in [0.05, 0.1) is 7.11 Å². The van der Waals surface area contributed by atoms with Gasteiger partial charge in [-0.3, -0.25) is 0 Å². The van der Waals surface area contributed by atoms with Crippen LogP contribution in [-0.2, 0) is 21.8 Å². The monoisotopic (exact) mass is 144 g/mol. The first-order valence-corrected chi connectivity index (χ1v) is 1.70. The number of hydrogen-bond donors (Lipinski definition) is 1. The first kappa shape index (κ1) is 9.97. The van der Waals surface area contributed by atoms with Crippen LogP contribution >= 0.6 is 0 Å². The van der Waals surface area contributed by atoms with Crippen LogP contribution in [0.1, 0.15) is 6.92 Å². The molecule has 0 saturated carbocycles. The predicted octanol–water partition coefficient (Wildman–Crippen LogP) is 1.05. The van der Waals surface area contributed by atoms with Crippen LogP contribution < -0.4 is 0 Å². The zero-order valence-electron chi connectivity index (χ0n) is 4.29. The van der Waals surface area contributed by atoms with E-state index in [2.05, 4.69) is 4.74 Å². The van der Waals surface area contributed by atoms with Gasteiger partial charge in [-0.05, 0) is 13.0 Å². The smallest absolute Gasteiger partial charge is 0.271 e. The van der Waals surface area contributed by atoms with Crippen molar-refractivity contribution in [2.75, 3.05) is 7.11 Å². The van der Waals surface area contributed by atoms with Crippen LogP contribution in [0.4, 0.5) is 0 Å². The van der Waals surface area contributed by atoms with E-state index in [4.69, 9.17) is 5.11 Å². The molecule has 44 valence electrons. The first-order chi connectivity index (χ1) is 2.81. The third kappa shape index (κ3) is 5.86. The van der Waals surface area contributed by atoms with Crippen molar-refractivity contribution in [1.29, 1.82) is 0 Å². The molecule has 0 radical (unpaired) electrons. The van der Waals surface area contributed by atoms with Crippen LogP contribution in [0.25, 0.3) is 0 Å². The number of methoxy groups -OCH3 is 1. The largest absolute Gasteiger partial charge is 0.481 e. The van der Waals surface area contributed by atoms with E-state index in [1.807, 2.05) is 0 Å². The number of rotatable bonds is 1. The topological polar surface area (TPSA) is 29.5 Å². The van der Waals surface area contributed by atoms with Gasteiger partial charge in [0.2, 0.25) is 0 Å². The van der Waals surface area contributed by atoms with E-state index in [-0.39, 0.29) is 23.0 Å². The summed E-state index contributed by atoms with van der Waals surface area (Å²) in [6, 6.07) is 0. The maximum Gasteiger partial charge on any atom is 0.271 e. The van der Waals surface area contributed by atoms with E-state index >= 15 is 0 Å². The van der Waals surface area contributed by atoms with Crippen LogP contribution in [0, 0.1) is 0 Å². The molecule has 0 amide bonds. The first-order valence-electron chi connectivity index (χ1n) is 1.70. The van der Waals surface area contributed by atoms with E-state index in [9.17, 15) is 0 Å². The average Bonchev–Trinajstić information content (AvgIpc) is 1.65. The van der Waals surface area contributed by atoms with Crippen molar-refractivity contribution in [3.8, 4) is 0 Å². The summed E-state index contributed by atoms with van der Waals surface area (Å²) >= 11 is 0. The Balaban J connectivity index is 0. The van der Waals surface area contributed by atoms with Gasteiger partial charge in [-0.1, -0.05) is 0 Å². The van der Waals surface area contributed by atoms with Gasteiger partial charge in [0.15, 0.2) is 0 Å². The van der Waals surface area contributed by atoms with Crippen molar-refractivity contribution in [2.45, 2.75) is 6.92 Å². The van der Waals surface area contributed by atoms with E-state index in [0.29, 0.717) is 0 Å². The van der Waals surface area contributed by atoms with Crippen LogP contribution in [0.3, 0.4) is 0 Å². The van der Waals surface area contributed by atoms with Crippen molar-refractivity contribution in [3.05, 3.63) is 12.0 Å². The molecule has 0 aliphatic carbocycles. The van der Waals surface area contributed by atoms with Gasteiger partial charge in [0.1, 0.15) is 0 Å². The fraction of sp³-hybridized carbons (Fsp3) is 0.500. The minimum atomic E-state index is -0.0324. The maximum atomic E-state index is 8.31. The van der Waals surface area contributed by atoms with Crippen LogP contribution in [-0.4, -0.2) is 12.2 Å². The van der Waals surface area contributed by atoms with Crippen LogP contribution in [0.5, 0.6) is 0 Å². The summed E-state index contributed by atoms with van der Waals surface area (Å²) < 4.78 is 4.32. The van der Waals surface area contributed by atoms with E-state index in [1.54, 1.807) is 6.92 Å². The molecule has 0 aromatic rings. The Hall–Kier alpha value is -0.141. The molecule has 1 N–H and O–H groups in total. The summed E-state index contributed by atoms with van der Waals surface area (Å²) in [4.78, 5) is 0. The Labute approximate surface area is 53.6 Å². The van der Waals surface area contributed by atoms with Crippen LogP contribution in [0.2, 0.25) is 0 Å². The van der Waals surface area contributed by atoms with Gasteiger partial charge in [0, 0.05) is 17.1 Å². The fourth-order valence-corrected chi connectivity index (χ4v) is 0.118. The predicted molar refractivity (Wildman–Crippen MR) is 23.4 cm³/mol. The molecular weight excluding hydrogens is 136 g/mol. The SMILES string of the molecule is CC=C(O)OC.[Fe]. The summed E-state index contributed by atoms with van der Waals surface area (Å²) in [7, 11) is 1.41. The Morgan fingerprint density at radius 1 is 1.71 bits per heavy atom. The summed E-state index contributed by atoms with van der Waals surface area (Å²) in [6.45, 7) is 1.69. The molecule has 7 heavy (non-hydrogen) atoms. The second kappa shape index (κ2) is 5.86. The van der Waals surface area contributed by atoms with Crippen molar-refractivity contribution < 1.29 is 26.9 Å². The molecule has 0 bridgehead atoms. The molecule has 0 aliphatic rings. The minimum Gasteiger partial charge on any atom is -0.481 e. The third-order valence-electron chi connectivity index (χ3n) is 0.456. The van der Waals surface area contributed by atoms with E-state index < -0.39 is 0 Å². The molecule has 0 aromatic carbocycles. The minimum absolute atomic E-state index is 0. The van der Waals surface area contributed by atoms with Crippen LogP contribution in [0.15, 0.2) is 12.0 Å². The molecule has 0 spiro atoms. The van der Waals surface area contributed by atoms with Gasteiger partial charge in [-0.15, -0.1) is 0 Å². The maximum absolute atomic E-state index is 8.31. The standard InChI is InChI=1S/C4H8O2.Fe/c1-3-4(5)6-2;/h3,5H,1-2H3;. The molecular formula is C4H8FeO2. The molecule has 3 heteroatoms. The van der Waals surface area contributed by atoms with E-state index in [0.717, 1.165) is 0 Å². The van der Waals surface area contributed by atoms with Gasteiger partial charge < -0.3 is 9.84 Å². The van der Waals surface area contributed by atoms with Crippen molar-refractivity contribution in [1.82, 2.24) is 0 Å². The molecule has 0 atom stereocenters. The zero-order chi connectivity index (χ0) is 4.99. The molecule has 0 rings (SSSR count). The Bertz CT molecular complexity index is 60.7. The molecule has 0 saturated heterocycles. The number of ether oxygens (including phenoxy) is 1. The van der Waals surface area contributed by atoms with Gasteiger partial charge in [-0.2, -0.15) is 0 Å². The number of allylic oxidation sites excluding steroid dienone is 1. The Kier molecular flexibility index (Phi) is 8.35. The normalized spacial score (nSPS) is 9.71. The molecule has 0 heterocycles. The molecule has 0 aliphatic heterocycles. The summed E-state index contributed by atoms with van der Waals surface area (Å²) in [6.07, 6.45) is 1.47. The van der Waals surface area contributed by atoms with E-state index in [1.165, 1.54) is 13.2 Å². The van der Waals surface area contributed by atoms with Gasteiger partial charge >= 0.3 is 0 Å². The summed E-state index contributed by atoms with van der Waals surface area (Å²) in [5.41, 5.74) is 0. The van der Waals surface area contributed by atoms with Crippen molar-refractivity contribution in [3.63, 3.8) is 0 Å². The third-order valence-corrected chi connectivity index (χ3v) is 0.456. The zero-order valence-corrected chi connectivity index (χ0v) is 5.39. The summed E-state index contributed by atoms with van der Waals surface area (Å²) in [5, 5.41) is 8.31. The Morgan fingerprint density at radius 2 is 2.14 bits per heavy atom. The summed E-state index contributed by atoms with van der Waals surface area (Å²) in [5.74, 6) is -0.0324. The fourth-order valence-electron chi connectivity index (χ4n) is 0.118. The number of aliphatic hydroxyl groups excluding tert-OH is 1. The quantitative estimate of drug-likeness (QED) is 0.440. The average molecular weight is 144 g/mol. The second-order valence-electron chi connectivity index (χ2n) is 0.831. The molecule has 2 nitrogen and oxygen atoms in total. The Morgan fingerprint density at radius 3 is 2.14 bits per heavy atom. The van der Waals surface area contributed by atoms with Gasteiger partial charge in [-0.25, -0.2) is 0 Å². The number of hydrogen-bond acceptors (Lipinski definition) is 2. The molecule has 0 aromatic heterocycles. The molecule has 0 unspecified atom stereocenters. The van der Waals surface area contributed by atoms with Crippen molar-refractivity contribution >= 4 is 0 Å². The second-order valence-corrected chi connectivity index (χ2v) is 0.831. The van der Waals surface area contributed by atoms with Crippen molar-refractivity contribution in [2.24, 2.45) is 0 Å².